The third kappa shape index (κ3) is 1.28. The number of ether oxygens (including phenoxy) is 1. The quantitative estimate of drug-likeness (QED) is 0.604. The lowest BCUT2D eigenvalue weighted by Gasteiger charge is -2.00. The fourth-order valence-electron chi connectivity index (χ4n) is 1.31. The number of nitrogens with one attached hydrogen (secondary N) is 1. The monoisotopic (exact) mass is 211 g/mol. The van der Waals surface area contributed by atoms with Crippen LogP contribution in [-0.4, -0.2) is 22.0 Å². The van der Waals surface area contributed by atoms with Crippen molar-refractivity contribution < 1.29 is 14.1 Å². The van der Waals surface area contributed by atoms with Gasteiger partial charge in [-0.25, -0.2) is 9.37 Å². The summed E-state index contributed by atoms with van der Waals surface area (Å²) >= 11 is 0. The number of methoxy groups -OCH3 is 1. The number of halogens is 1. The van der Waals surface area contributed by atoms with Crippen LogP contribution in [0.5, 0.6) is 5.75 Å². The van der Waals surface area contributed by atoms with Gasteiger partial charge in [0.2, 0.25) is 0 Å². The number of aromatic amines is 1. The number of pyridine rings is 1. The minimum absolute atomic E-state index is 0.120. The topological polar surface area (TPSA) is 81.0 Å². The van der Waals surface area contributed by atoms with E-state index < -0.39 is 10.7 Å². The number of hydrogen-bond acceptors (Lipinski definition) is 4. The largest absolute Gasteiger partial charge is 0.492 e. The Morgan fingerprint density at radius 2 is 2.40 bits per heavy atom. The summed E-state index contributed by atoms with van der Waals surface area (Å²) in [7, 11) is 1.27. The van der Waals surface area contributed by atoms with Gasteiger partial charge in [0.15, 0.2) is 11.6 Å². The molecule has 2 heterocycles. The normalized spacial score (nSPS) is 10.5. The first kappa shape index (κ1) is 9.38. The Hall–Kier alpha value is -2.18. The third-order valence-electron chi connectivity index (χ3n) is 2.00. The van der Waals surface area contributed by atoms with Crippen molar-refractivity contribution in [1.29, 1.82) is 0 Å². The predicted octanol–water partition coefficient (Wildman–Crippen LogP) is 1.62. The van der Waals surface area contributed by atoms with Crippen molar-refractivity contribution in [2.24, 2.45) is 0 Å². The van der Waals surface area contributed by atoms with E-state index in [4.69, 9.17) is 0 Å². The number of hydrogen-bond donors (Lipinski definition) is 1. The second-order valence-corrected chi connectivity index (χ2v) is 2.80. The fourth-order valence-corrected chi connectivity index (χ4v) is 1.31. The third-order valence-corrected chi connectivity index (χ3v) is 2.00. The zero-order chi connectivity index (χ0) is 11.0. The molecule has 2 rings (SSSR count). The first-order valence-corrected chi connectivity index (χ1v) is 3.99. The molecule has 0 aromatic carbocycles. The van der Waals surface area contributed by atoms with Crippen molar-refractivity contribution in [3.63, 3.8) is 0 Å². The Morgan fingerprint density at radius 1 is 1.67 bits per heavy atom. The molecule has 0 aliphatic rings. The van der Waals surface area contributed by atoms with Gasteiger partial charge in [-0.3, -0.25) is 10.1 Å². The Morgan fingerprint density at radius 3 is 3.00 bits per heavy atom. The van der Waals surface area contributed by atoms with E-state index in [2.05, 4.69) is 14.7 Å². The van der Waals surface area contributed by atoms with Crippen molar-refractivity contribution >= 4 is 16.7 Å². The number of rotatable bonds is 2. The summed E-state index contributed by atoms with van der Waals surface area (Å²) in [5.74, 6) is -0.902. The molecule has 0 atom stereocenters. The SMILES string of the molecule is COc1cnc2[nH]cc([N+](=O)[O-])c2c1F. The summed E-state index contributed by atoms with van der Waals surface area (Å²) in [6.45, 7) is 0. The van der Waals surface area contributed by atoms with E-state index in [1.54, 1.807) is 0 Å². The maximum Gasteiger partial charge on any atom is 0.299 e. The number of nitro groups is 1. The van der Waals surface area contributed by atoms with E-state index in [9.17, 15) is 14.5 Å². The van der Waals surface area contributed by atoms with Gasteiger partial charge in [0.05, 0.1) is 24.4 Å². The van der Waals surface area contributed by atoms with E-state index in [0.29, 0.717) is 0 Å². The summed E-state index contributed by atoms with van der Waals surface area (Å²) in [5, 5.41) is 10.4. The average Bonchev–Trinajstić information content (AvgIpc) is 2.63. The molecule has 0 saturated heterocycles. The Labute approximate surface area is 82.8 Å². The van der Waals surface area contributed by atoms with Gasteiger partial charge in [0.1, 0.15) is 11.0 Å². The van der Waals surface area contributed by atoms with Crippen molar-refractivity contribution in [1.82, 2.24) is 9.97 Å². The summed E-state index contributed by atoms with van der Waals surface area (Å²) in [6.07, 6.45) is 2.26. The van der Waals surface area contributed by atoms with Crippen molar-refractivity contribution in [3.05, 3.63) is 28.3 Å². The lowest BCUT2D eigenvalue weighted by Crippen LogP contribution is -1.93. The summed E-state index contributed by atoms with van der Waals surface area (Å²) in [5.41, 5.74) is -0.228. The Kier molecular flexibility index (Phi) is 2.00. The van der Waals surface area contributed by atoms with Gasteiger partial charge < -0.3 is 9.72 Å². The molecular weight excluding hydrogens is 205 g/mol. The first-order valence-electron chi connectivity index (χ1n) is 3.99. The van der Waals surface area contributed by atoms with Crippen LogP contribution >= 0.6 is 0 Å². The molecule has 15 heavy (non-hydrogen) atoms. The van der Waals surface area contributed by atoms with E-state index in [0.717, 1.165) is 12.4 Å². The first-order chi connectivity index (χ1) is 7.15. The van der Waals surface area contributed by atoms with E-state index in [1.807, 2.05) is 0 Å². The highest BCUT2D eigenvalue weighted by Crippen LogP contribution is 2.30. The molecule has 6 nitrogen and oxygen atoms in total. The molecule has 0 aliphatic heterocycles. The van der Waals surface area contributed by atoms with Gasteiger partial charge in [-0.1, -0.05) is 0 Å². The highest BCUT2D eigenvalue weighted by Gasteiger charge is 2.21. The molecule has 78 valence electrons. The molecule has 0 fully saturated rings. The Bertz CT molecular complexity index is 537. The smallest absolute Gasteiger partial charge is 0.299 e. The average molecular weight is 211 g/mol. The van der Waals surface area contributed by atoms with Crippen LogP contribution in [0.1, 0.15) is 0 Å². The van der Waals surface area contributed by atoms with Gasteiger partial charge in [-0.05, 0) is 0 Å². The van der Waals surface area contributed by atoms with Crippen LogP contribution in [0.4, 0.5) is 10.1 Å². The van der Waals surface area contributed by atoms with Crippen LogP contribution in [-0.2, 0) is 0 Å². The second-order valence-electron chi connectivity index (χ2n) is 2.80. The molecule has 0 saturated carbocycles. The second kappa shape index (κ2) is 3.19. The van der Waals surface area contributed by atoms with Crippen LogP contribution in [0.2, 0.25) is 0 Å². The molecule has 0 unspecified atom stereocenters. The molecule has 0 bridgehead atoms. The van der Waals surface area contributed by atoms with Crippen molar-refractivity contribution in [2.75, 3.05) is 7.11 Å². The van der Waals surface area contributed by atoms with Gasteiger partial charge in [-0.15, -0.1) is 0 Å². The van der Waals surface area contributed by atoms with Crippen LogP contribution < -0.4 is 4.74 Å². The maximum atomic E-state index is 13.6. The van der Waals surface area contributed by atoms with E-state index >= 15 is 0 Å². The summed E-state index contributed by atoms with van der Waals surface area (Å²) in [4.78, 5) is 16.2. The number of fused-ring (bicyclic) bond motifs is 1. The van der Waals surface area contributed by atoms with Crippen LogP contribution in [0.15, 0.2) is 12.4 Å². The van der Waals surface area contributed by atoms with E-state index in [-0.39, 0.29) is 22.5 Å². The standard InChI is InChI=1S/C8H6FN3O3/c1-15-5-3-11-8-6(7(5)9)4(2-10-8)12(13)14/h2-3H,1H3,(H,10,11). The van der Waals surface area contributed by atoms with Crippen molar-refractivity contribution in [3.8, 4) is 5.75 Å². The van der Waals surface area contributed by atoms with Crippen LogP contribution in [0.25, 0.3) is 11.0 Å². The minimum atomic E-state index is -0.782. The molecule has 7 heteroatoms. The molecule has 2 aromatic rings. The van der Waals surface area contributed by atoms with Crippen LogP contribution in [0.3, 0.4) is 0 Å². The molecule has 0 spiro atoms. The Balaban J connectivity index is 2.82. The zero-order valence-corrected chi connectivity index (χ0v) is 7.65. The molecule has 0 radical (unpaired) electrons. The van der Waals surface area contributed by atoms with Crippen molar-refractivity contribution in [2.45, 2.75) is 0 Å². The molecular formula is C8H6FN3O3. The van der Waals surface area contributed by atoms with Gasteiger partial charge >= 0.3 is 0 Å². The zero-order valence-electron chi connectivity index (χ0n) is 7.65. The molecule has 2 aromatic heterocycles. The number of nitrogens with zero attached hydrogens (tertiary/aromatic N) is 2. The number of aromatic nitrogens is 2. The summed E-state index contributed by atoms with van der Waals surface area (Å²) < 4.78 is 18.3. The van der Waals surface area contributed by atoms with Gasteiger partial charge in [0, 0.05) is 0 Å². The predicted molar refractivity (Wildman–Crippen MR) is 49.3 cm³/mol. The summed E-state index contributed by atoms with van der Waals surface area (Å²) in [6, 6.07) is 0. The molecule has 1 N–H and O–H groups in total. The number of H-pyrrole nitrogens is 1. The van der Waals surface area contributed by atoms with Gasteiger partial charge in [0.25, 0.3) is 5.69 Å². The minimum Gasteiger partial charge on any atom is -0.492 e. The maximum absolute atomic E-state index is 13.6. The highest BCUT2D eigenvalue weighted by atomic mass is 19.1. The van der Waals surface area contributed by atoms with Crippen LogP contribution in [0, 0.1) is 15.9 Å². The molecule has 0 aliphatic carbocycles. The molecule has 0 amide bonds. The fraction of sp³-hybridized carbons (Fsp3) is 0.125. The van der Waals surface area contributed by atoms with Gasteiger partial charge in [-0.2, -0.15) is 0 Å². The van der Waals surface area contributed by atoms with E-state index in [1.165, 1.54) is 7.11 Å². The lowest BCUT2D eigenvalue weighted by molar-refractivity contribution is -0.383. The highest BCUT2D eigenvalue weighted by molar-refractivity contribution is 5.87. The lowest BCUT2D eigenvalue weighted by atomic mass is 10.3.